The number of rotatable bonds is 3. The van der Waals surface area contributed by atoms with Gasteiger partial charge in [-0.25, -0.2) is 0 Å². The third kappa shape index (κ3) is 2.68. The van der Waals surface area contributed by atoms with Gasteiger partial charge in [0.2, 0.25) is 5.91 Å². The minimum atomic E-state index is -0.0869. The van der Waals surface area contributed by atoms with E-state index in [-0.39, 0.29) is 11.9 Å². The predicted molar refractivity (Wildman–Crippen MR) is 65.9 cm³/mol. The van der Waals surface area contributed by atoms with Crippen LogP contribution in [-0.2, 0) is 4.79 Å². The summed E-state index contributed by atoms with van der Waals surface area (Å²) in [6, 6.07) is 7.27. The summed E-state index contributed by atoms with van der Waals surface area (Å²) >= 11 is 1.73. The minimum Gasteiger partial charge on any atom is -0.497 e. The van der Waals surface area contributed by atoms with E-state index < -0.39 is 0 Å². The van der Waals surface area contributed by atoms with E-state index in [0.29, 0.717) is 0 Å². The molecule has 1 heterocycles. The quantitative estimate of drug-likeness (QED) is 0.833. The number of carbonyl (C=O) groups excluding carboxylic acids is 1. The van der Waals surface area contributed by atoms with Gasteiger partial charge in [-0.05, 0) is 12.1 Å². The van der Waals surface area contributed by atoms with E-state index >= 15 is 0 Å². The van der Waals surface area contributed by atoms with Crippen molar-refractivity contribution in [1.82, 2.24) is 5.32 Å². The summed E-state index contributed by atoms with van der Waals surface area (Å²) in [6.07, 6.45) is 0. The first-order chi connectivity index (χ1) is 7.79. The normalized spacial score (nSPS) is 19.4. The first kappa shape index (κ1) is 11.3. The monoisotopic (exact) mass is 238 g/mol. The molecule has 1 fully saturated rings. The second-order valence-electron chi connectivity index (χ2n) is 3.49. The Hall–Kier alpha value is -1.20. The molecule has 1 amide bonds. The van der Waals surface area contributed by atoms with Crippen molar-refractivity contribution < 1.29 is 9.53 Å². The predicted octanol–water partition coefficient (Wildman–Crippen LogP) is 1.30. The molecule has 0 aliphatic carbocycles. The molecule has 1 saturated heterocycles. The SMILES string of the molecule is COc1cccc(NC(=O)C2CSCN2)c1. The molecule has 1 atom stereocenters. The minimum absolute atomic E-state index is 0.0123. The highest BCUT2D eigenvalue weighted by molar-refractivity contribution is 7.99. The smallest absolute Gasteiger partial charge is 0.242 e. The fourth-order valence-electron chi connectivity index (χ4n) is 1.49. The topological polar surface area (TPSA) is 50.4 Å². The Bertz CT molecular complexity index is 378. The Kier molecular flexibility index (Phi) is 3.69. The third-order valence-electron chi connectivity index (χ3n) is 2.37. The van der Waals surface area contributed by atoms with Crippen LogP contribution in [0.3, 0.4) is 0 Å². The molecule has 0 bridgehead atoms. The van der Waals surface area contributed by atoms with Crippen LogP contribution >= 0.6 is 11.8 Å². The lowest BCUT2D eigenvalue weighted by Gasteiger charge is -2.11. The van der Waals surface area contributed by atoms with E-state index in [9.17, 15) is 4.79 Å². The van der Waals surface area contributed by atoms with Crippen LogP contribution in [0.1, 0.15) is 0 Å². The number of thioether (sulfide) groups is 1. The summed E-state index contributed by atoms with van der Waals surface area (Å²) in [5, 5.41) is 5.99. The van der Waals surface area contributed by atoms with Crippen molar-refractivity contribution in [2.24, 2.45) is 0 Å². The molecule has 0 saturated carbocycles. The van der Waals surface area contributed by atoms with Crippen LogP contribution in [-0.4, -0.2) is 30.7 Å². The second-order valence-corrected chi connectivity index (χ2v) is 4.52. The van der Waals surface area contributed by atoms with Gasteiger partial charge in [-0.3, -0.25) is 10.1 Å². The van der Waals surface area contributed by atoms with E-state index in [4.69, 9.17) is 4.74 Å². The fraction of sp³-hybridized carbons (Fsp3) is 0.364. The highest BCUT2D eigenvalue weighted by Gasteiger charge is 2.22. The molecule has 1 unspecified atom stereocenters. The maximum atomic E-state index is 11.8. The van der Waals surface area contributed by atoms with Gasteiger partial charge in [-0.2, -0.15) is 0 Å². The lowest BCUT2D eigenvalue weighted by Crippen LogP contribution is -2.37. The summed E-state index contributed by atoms with van der Waals surface area (Å²) in [6.45, 7) is 0. The Balaban J connectivity index is 1.99. The molecule has 16 heavy (non-hydrogen) atoms. The summed E-state index contributed by atoms with van der Waals surface area (Å²) < 4.78 is 5.09. The molecular weight excluding hydrogens is 224 g/mol. The standard InChI is InChI=1S/C11H14N2O2S/c1-15-9-4-2-3-8(5-9)13-11(14)10-6-16-7-12-10/h2-5,10,12H,6-7H2,1H3,(H,13,14). The van der Waals surface area contributed by atoms with Crippen molar-refractivity contribution in [3.05, 3.63) is 24.3 Å². The van der Waals surface area contributed by atoms with Crippen molar-refractivity contribution in [3.8, 4) is 5.75 Å². The van der Waals surface area contributed by atoms with Gasteiger partial charge >= 0.3 is 0 Å². The van der Waals surface area contributed by atoms with Crippen LogP contribution < -0.4 is 15.4 Å². The molecule has 4 nitrogen and oxygen atoms in total. The number of nitrogens with one attached hydrogen (secondary N) is 2. The van der Waals surface area contributed by atoms with Gasteiger partial charge < -0.3 is 10.1 Å². The molecule has 86 valence electrons. The summed E-state index contributed by atoms with van der Waals surface area (Å²) in [4.78, 5) is 11.8. The Morgan fingerprint density at radius 3 is 3.19 bits per heavy atom. The Morgan fingerprint density at radius 1 is 1.62 bits per heavy atom. The summed E-state index contributed by atoms with van der Waals surface area (Å²) in [5.74, 6) is 2.43. The number of hydrogen-bond acceptors (Lipinski definition) is 4. The lowest BCUT2D eigenvalue weighted by atomic mass is 10.2. The summed E-state index contributed by atoms with van der Waals surface area (Å²) in [7, 11) is 1.61. The van der Waals surface area contributed by atoms with Gasteiger partial charge in [0, 0.05) is 23.4 Å². The van der Waals surface area contributed by atoms with Gasteiger partial charge in [-0.1, -0.05) is 6.07 Å². The van der Waals surface area contributed by atoms with Crippen LogP contribution in [0.2, 0.25) is 0 Å². The van der Waals surface area contributed by atoms with E-state index in [1.54, 1.807) is 24.9 Å². The molecule has 0 radical (unpaired) electrons. The van der Waals surface area contributed by atoms with E-state index in [1.165, 1.54) is 0 Å². The van der Waals surface area contributed by atoms with Crippen LogP contribution in [0.4, 0.5) is 5.69 Å². The molecular formula is C11H14N2O2S. The first-order valence-corrected chi connectivity index (χ1v) is 6.21. The van der Waals surface area contributed by atoms with Crippen LogP contribution in [0.25, 0.3) is 0 Å². The number of ether oxygens (including phenoxy) is 1. The number of carbonyl (C=O) groups is 1. The van der Waals surface area contributed by atoms with Crippen molar-refractivity contribution in [2.45, 2.75) is 6.04 Å². The average molecular weight is 238 g/mol. The van der Waals surface area contributed by atoms with Gasteiger partial charge in [0.1, 0.15) is 5.75 Å². The fourth-order valence-corrected chi connectivity index (χ4v) is 2.44. The summed E-state index contributed by atoms with van der Waals surface area (Å²) in [5.41, 5.74) is 0.767. The van der Waals surface area contributed by atoms with Gasteiger partial charge in [0.25, 0.3) is 0 Å². The average Bonchev–Trinajstić information content (AvgIpc) is 2.83. The highest BCUT2D eigenvalue weighted by Crippen LogP contribution is 2.18. The molecule has 1 aromatic carbocycles. The van der Waals surface area contributed by atoms with Gasteiger partial charge in [-0.15, -0.1) is 11.8 Å². The van der Waals surface area contributed by atoms with Crippen molar-refractivity contribution in [2.75, 3.05) is 24.1 Å². The highest BCUT2D eigenvalue weighted by atomic mass is 32.2. The van der Waals surface area contributed by atoms with E-state index in [1.807, 2.05) is 18.2 Å². The van der Waals surface area contributed by atoms with Crippen molar-refractivity contribution in [3.63, 3.8) is 0 Å². The number of hydrogen-bond donors (Lipinski definition) is 2. The number of amides is 1. The molecule has 1 aliphatic heterocycles. The van der Waals surface area contributed by atoms with Crippen molar-refractivity contribution >= 4 is 23.4 Å². The number of benzene rings is 1. The molecule has 1 aliphatic rings. The van der Waals surface area contributed by atoms with E-state index in [2.05, 4.69) is 10.6 Å². The molecule has 2 rings (SSSR count). The molecule has 2 N–H and O–H groups in total. The van der Waals surface area contributed by atoms with E-state index in [0.717, 1.165) is 23.1 Å². The van der Waals surface area contributed by atoms with Crippen LogP contribution in [0.15, 0.2) is 24.3 Å². The third-order valence-corrected chi connectivity index (χ3v) is 3.31. The maximum Gasteiger partial charge on any atom is 0.242 e. The van der Waals surface area contributed by atoms with Crippen LogP contribution in [0, 0.1) is 0 Å². The zero-order valence-electron chi connectivity index (χ0n) is 9.03. The maximum absolute atomic E-state index is 11.8. The van der Waals surface area contributed by atoms with Crippen molar-refractivity contribution in [1.29, 1.82) is 0 Å². The zero-order valence-corrected chi connectivity index (χ0v) is 9.84. The molecule has 0 spiro atoms. The zero-order chi connectivity index (χ0) is 11.4. The van der Waals surface area contributed by atoms with Crippen LogP contribution in [0.5, 0.6) is 5.75 Å². The largest absolute Gasteiger partial charge is 0.497 e. The first-order valence-electron chi connectivity index (χ1n) is 5.05. The number of methoxy groups -OCH3 is 1. The Labute approximate surface area is 98.7 Å². The number of anilines is 1. The lowest BCUT2D eigenvalue weighted by molar-refractivity contribution is -0.117. The molecule has 1 aromatic rings. The van der Waals surface area contributed by atoms with Gasteiger partial charge in [0.15, 0.2) is 0 Å². The molecule has 5 heteroatoms. The Morgan fingerprint density at radius 2 is 2.50 bits per heavy atom. The van der Waals surface area contributed by atoms with Gasteiger partial charge in [0.05, 0.1) is 13.2 Å². The molecule has 0 aromatic heterocycles. The second kappa shape index (κ2) is 5.23.